The van der Waals surface area contributed by atoms with E-state index in [1.807, 2.05) is 12.1 Å². The second kappa shape index (κ2) is 9.82. The average molecular weight is 356 g/mol. The van der Waals surface area contributed by atoms with Crippen molar-refractivity contribution in [3.63, 3.8) is 0 Å². The molecule has 0 heterocycles. The Kier molecular flexibility index (Phi) is 7.48. The first kappa shape index (κ1) is 19.8. The molecule has 0 saturated carbocycles. The Morgan fingerprint density at radius 2 is 1.54 bits per heavy atom. The van der Waals surface area contributed by atoms with Crippen LogP contribution in [0.25, 0.3) is 0 Å². The molecule has 0 aliphatic heterocycles. The van der Waals surface area contributed by atoms with Gasteiger partial charge in [-0.25, -0.2) is 0 Å². The molecule has 0 aromatic heterocycles. The molecule has 26 heavy (non-hydrogen) atoms. The molecule has 0 unspecified atom stereocenters. The van der Waals surface area contributed by atoms with Crippen LogP contribution in [0.3, 0.4) is 0 Å². The van der Waals surface area contributed by atoms with Crippen molar-refractivity contribution in [1.29, 1.82) is 0 Å². The molecule has 0 aliphatic carbocycles. The van der Waals surface area contributed by atoms with Gasteiger partial charge in [-0.1, -0.05) is 32.0 Å². The van der Waals surface area contributed by atoms with Crippen LogP contribution in [-0.2, 0) is 6.42 Å². The third-order valence-electron chi connectivity index (χ3n) is 4.48. The van der Waals surface area contributed by atoms with Crippen molar-refractivity contribution in [2.75, 3.05) is 39.2 Å². The molecule has 5 heteroatoms. The van der Waals surface area contributed by atoms with E-state index in [1.165, 1.54) is 19.8 Å². The fourth-order valence-corrected chi connectivity index (χ4v) is 2.85. The highest BCUT2D eigenvalue weighted by atomic mass is 16.5. The monoisotopic (exact) mass is 356 g/mol. The summed E-state index contributed by atoms with van der Waals surface area (Å²) in [6.45, 7) is 7.51. The van der Waals surface area contributed by atoms with Gasteiger partial charge in [0, 0.05) is 12.2 Å². The van der Waals surface area contributed by atoms with Crippen LogP contribution in [0.15, 0.2) is 42.5 Å². The minimum absolute atomic E-state index is 0.254. The lowest BCUT2D eigenvalue weighted by atomic mass is 10.1. The fourth-order valence-electron chi connectivity index (χ4n) is 2.85. The summed E-state index contributed by atoms with van der Waals surface area (Å²) in [5, 5.41) is 2.91. The van der Waals surface area contributed by atoms with Gasteiger partial charge in [0.05, 0.1) is 14.2 Å². The first-order valence-corrected chi connectivity index (χ1v) is 8.96. The zero-order chi connectivity index (χ0) is 18.9. The van der Waals surface area contributed by atoms with Crippen molar-refractivity contribution in [1.82, 2.24) is 4.90 Å². The molecule has 0 atom stereocenters. The third kappa shape index (κ3) is 4.99. The molecule has 0 saturated heterocycles. The van der Waals surface area contributed by atoms with Crippen LogP contribution in [0, 0.1) is 0 Å². The predicted octanol–water partition coefficient (Wildman–Crippen LogP) is 3.84. The second-order valence-electron chi connectivity index (χ2n) is 5.97. The van der Waals surface area contributed by atoms with Crippen molar-refractivity contribution in [3.05, 3.63) is 53.6 Å². The Bertz CT molecular complexity index is 687. The summed E-state index contributed by atoms with van der Waals surface area (Å²) in [7, 11) is 3.08. The highest BCUT2D eigenvalue weighted by molar-refractivity contribution is 6.08. The quantitative estimate of drug-likeness (QED) is 0.742. The van der Waals surface area contributed by atoms with Crippen molar-refractivity contribution in [2.45, 2.75) is 20.3 Å². The standard InChI is InChI=1S/C21H28N2O3/c1-5-23(6-2)15-14-16-10-12-17(13-11-16)22-21(24)20-18(25-3)8-7-9-19(20)26-4/h7-13H,5-6,14-15H2,1-4H3,(H,22,24). The number of likely N-dealkylation sites (N-methyl/N-ethyl adjacent to an activating group) is 1. The molecule has 0 spiro atoms. The minimum atomic E-state index is -0.254. The van der Waals surface area contributed by atoms with Crippen LogP contribution < -0.4 is 14.8 Å². The van der Waals surface area contributed by atoms with Gasteiger partial charge >= 0.3 is 0 Å². The van der Waals surface area contributed by atoms with E-state index >= 15 is 0 Å². The number of nitrogens with one attached hydrogen (secondary N) is 1. The molecular weight excluding hydrogens is 328 g/mol. The maximum absolute atomic E-state index is 12.7. The van der Waals surface area contributed by atoms with Gasteiger partial charge in [0.25, 0.3) is 5.91 Å². The van der Waals surface area contributed by atoms with Gasteiger partial charge in [0.2, 0.25) is 0 Å². The molecular formula is C21H28N2O3. The van der Waals surface area contributed by atoms with Gasteiger partial charge in [0.1, 0.15) is 17.1 Å². The van der Waals surface area contributed by atoms with Crippen molar-refractivity contribution in [3.8, 4) is 11.5 Å². The van der Waals surface area contributed by atoms with Gasteiger partial charge in [-0.2, -0.15) is 0 Å². The highest BCUT2D eigenvalue weighted by Crippen LogP contribution is 2.29. The minimum Gasteiger partial charge on any atom is -0.496 e. The lowest BCUT2D eigenvalue weighted by Gasteiger charge is -2.17. The van der Waals surface area contributed by atoms with Crippen LogP contribution in [0.5, 0.6) is 11.5 Å². The number of methoxy groups -OCH3 is 2. The van der Waals surface area contributed by atoms with Gasteiger partial charge < -0.3 is 19.7 Å². The van der Waals surface area contributed by atoms with Crippen LogP contribution >= 0.6 is 0 Å². The Balaban J connectivity index is 2.06. The molecule has 2 aromatic rings. The molecule has 1 amide bonds. The molecule has 5 nitrogen and oxygen atoms in total. The number of benzene rings is 2. The maximum atomic E-state index is 12.7. The van der Waals surface area contributed by atoms with Crippen LogP contribution in [0.4, 0.5) is 5.69 Å². The number of rotatable bonds is 9. The topological polar surface area (TPSA) is 50.8 Å². The number of carbonyl (C=O) groups is 1. The molecule has 0 radical (unpaired) electrons. The summed E-state index contributed by atoms with van der Waals surface area (Å²) in [4.78, 5) is 15.1. The maximum Gasteiger partial charge on any atom is 0.263 e. The summed E-state index contributed by atoms with van der Waals surface area (Å²) in [6.07, 6.45) is 0.996. The molecule has 0 aliphatic rings. The number of ether oxygens (including phenoxy) is 2. The Labute approximate surface area is 155 Å². The first-order valence-electron chi connectivity index (χ1n) is 8.96. The third-order valence-corrected chi connectivity index (χ3v) is 4.48. The lowest BCUT2D eigenvalue weighted by Crippen LogP contribution is -2.25. The molecule has 0 fully saturated rings. The van der Waals surface area contributed by atoms with Crippen molar-refractivity contribution < 1.29 is 14.3 Å². The van der Waals surface area contributed by atoms with E-state index in [0.717, 1.165) is 31.7 Å². The average Bonchev–Trinajstić information content (AvgIpc) is 2.69. The highest BCUT2D eigenvalue weighted by Gasteiger charge is 2.18. The van der Waals surface area contributed by atoms with E-state index in [1.54, 1.807) is 18.2 Å². The lowest BCUT2D eigenvalue weighted by molar-refractivity contribution is 0.102. The molecule has 0 bridgehead atoms. The largest absolute Gasteiger partial charge is 0.496 e. The normalized spacial score (nSPS) is 10.7. The summed E-state index contributed by atoms with van der Waals surface area (Å²) in [5.74, 6) is 0.713. The van der Waals surface area contributed by atoms with Crippen LogP contribution in [-0.4, -0.2) is 44.7 Å². The number of amides is 1. The summed E-state index contributed by atoms with van der Waals surface area (Å²) in [6, 6.07) is 13.2. The summed E-state index contributed by atoms with van der Waals surface area (Å²) < 4.78 is 10.6. The SMILES string of the molecule is CCN(CC)CCc1ccc(NC(=O)c2c(OC)cccc2OC)cc1. The van der Waals surface area contributed by atoms with Crippen LogP contribution in [0.2, 0.25) is 0 Å². The van der Waals surface area contributed by atoms with E-state index in [9.17, 15) is 4.79 Å². The zero-order valence-corrected chi connectivity index (χ0v) is 16.0. The zero-order valence-electron chi connectivity index (χ0n) is 16.0. The summed E-state index contributed by atoms with van der Waals surface area (Å²) in [5.41, 5.74) is 2.39. The van der Waals surface area contributed by atoms with E-state index in [2.05, 4.69) is 36.2 Å². The van der Waals surface area contributed by atoms with E-state index in [4.69, 9.17) is 9.47 Å². The van der Waals surface area contributed by atoms with Gasteiger partial charge in [-0.05, 0) is 49.3 Å². The predicted molar refractivity (Wildman–Crippen MR) is 105 cm³/mol. The molecule has 2 aromatic carbocycles. The first-order chi connectivity index (χ1) is 12.6. The van der Waals surface area contributed by atoms with Gasteiger partial charge in [0.15, 0.2) is 0 Å². The van der Waals surface area contributed by atoms with Gasteiger partial charge in [-0.15, -0.1) is 0 Å². The summed E-state index contributed by atoms with van der Waals surface area (Å²) >= 11 is 0. The van der Waals surface area contributed by atoms with Crippen molar-refractivity contribution >= 4 is 11.6 Å². The Morgan fingerprint density at radius 1 is 0.962 bits per heavy atom. The number of hydrogen-bond acceptors (Lipinski definition) is 4. The number of nitrogens with zero attached hydrogens (tertiary/aromatic N) is 1. The molecule has 1 N–H and O–H groups in total. The van der Waals surface area contributed by atoms with Crippen LogP contribution in [0.1, 0.15) is 29.8 Å². The smallest absolute Gasteiger partial charge is 0.263 e. The van der Waals surface area contributed by atoms with E-state index < -0.39 is 0 Å². The molecule has 140 valence electrons. The second-order valence-corrected chi connectivity index (χ2v) is 5.97. The Hall–Kier alpha value is -2.53. The van der Waals surface area contributed by atoms with Gasteiger partial charge in [-0.3, -0.25) is 4.79 Å². The molecule has 2 rings (SSSR count). The number of carbonyl (C=O) groups excluding carboxylic acids is 1. The van der Waals surface area contributed by atoms with E-state index in [0.29, 0.717) is 17.1 Å². The van der Waals surface area contributed by atoms with Crippen molar-refractivity contribution in [2.24, 2.45) is 0 Å². The number of hydrogen-bond donors (Lipinski definition) is 1. The van der Waals surface area contributed by atoms with E-state index in [-0.39, 0.29) is 5.91 Å². The Morgan fingerprint density at radius 3 is 2.04 bits per heavy atom. The number of anilines is 1. The fraction of sp³-hybridized carbons (Fsp3) is 0.381.